The Hall–Kier alpha value is -1.14. The van der Waals surface area contributed by atoms with Crippen molar-refractivity contribution in [3.63, 3.8) is 0 Å². The predicted octanol–water partition coefficient (Wildman–Crippen LogP) is 2.67. The summed E-state index contributed by atoms with van der Waals surface area (Å²) < 4.78 is 0. The van der Waals surface area contributed by atoms with Crippen LogP contribution >= 0.6 is 11.8 Å². The second-order valence-corrected chi connectivity index (χ2v) is 6.62. The number of carboxylic acid groups (broad SMARTS) is 1. The van der Waals surface area contributed by atoms with Crippen LogP contribution in [-0.4, -0.2) is 45.8 Å². The molecule has 0 bridgehead atoms. The van der Waals surface area contributed by atoms with Gasteiger partial charge >= 0.3 is 0 Å². The lowest BCUT2D eigenvalue weighted by Gasteiger charge is -2.23. The fraction of sp³-hybridized carbons (Fsp3) is 0.667. The molecule has 0 radical (unpaired) electrons. The van der Waals surface area contributed by atoms with Crippen LogP contribution < -0.4 is 0 Å². The van der Waals surface area contributed by atoms with Gasteiger partial charge in [-0.05, 0) is 37.5 Å². The Balaban J connectivity index is 0.000000497. The molecular weight excluding hydrogens is 286 g/mol. The Morgan fingerprint density at radius 3 is 2.52 bits per heavy atom. The monoisotopic (exact) mass is 309 g/mol. The molecule has 0 amide bonds. The summed E-state index contributed by atoms with van der Waals surface area (Å²) in [6.07, 6.45) is 13.2. The maximum absolute atomic E-state index is 8.36. The van der Waals surface area contributed by atoms with Crippen molar-refractivity contribution in [3.8, 4) is 0 Å². The fourth-order valence-electron chi connectivity index (χ4n) is 3.48. The van der Waals surface area contributed by atoms with Crippen LogP contribution in [0.3, 0.4) is 0 Å². The van der Waals surface area contributed by atoms with Gasteiger partial charge in [-0.3, -0.25) is 9.69 Å². The molecule has 2 heterocycles. The van der Waals surface area contributed by atoms with Gasteiger partial charge in [0.1, 0.15) is 0 Å². The first-order chi connectivity index (χ1) is 10.2. The molecule has 1 saturated carbocycles. The van der Waals surface area contributed by atoms with E-state index in [0.717, 1.165) is 11.7 Å². The molecular formula is C15H23N3O2S. The third-order valence-corrected chi connectivity index (χ3v) is 5.03. The quantitative estimate of drug-likeness (QED) is 0.526. The number of likely N-dealkylation sites (tertiary alicyclic amines) is 1. The van der Waals surface area contributed by atoms with Crippen LogP contribution in [0.2, 0.25) is 0 Å². The molecule has 1 aromatic heterocycles. The van der Waals surface area contributed by atoms with Crippen LogP contribution in [0.25, 0.3) is 0 Å². The first-order valence-corrected chi connectivity index (χ1v) is 8.59. The predicted molar refractivity (Wildman–Crippen MR) is 83.3 cm³/mol. The van der Waals surface area contributed by atoms with Gasteiger partial charge in [-0.15, -0.1) is 0 Å². The van der Waals surface area contributed by atoms with Gasteiger partial charge in [0.05, 0.1) is 0 Å². The third kappa shape index (κ3) is 4.41. The van der Waals surface area contributed by atoms with Gasteiger partial charge in [0.15, 0.2) is 5.16 Å². The van der Waals surface area contributed by atoms with Crippen molar-refractivity contribution in [1.29, 1.82) is 0 Å². The van der Waals surface area contributed by atoms with Crippen molar-refractivity contribution < 1.29 is 9.90 Å². The Morgan fingerprint density at radius 1 is 1.33 bits per heavy atom. The van der Waals surface area contributed by atoms with Crippen molar-refractivity contribution in [1.82, 2.24) is 14.9 Å². The standard InChI is InChI=1S/C14H21N3S.CH2O2/c1-18-13-15-8-12(9-16-13)10-17-7-6-14(11-17)4-2-3-5-14;2-1-3/h8-9H,2-7,10-11H2,1H3;1H,(H,2,3). The topological polar surface area (TPSA) is 66.3 Å². The molecule has 2 aliphatic rings. The number of thioether (sulfide) groups is 1. The highest BCUT2D eigenvalue weighted by atomic mass is 32.2. The smallest absolute Gasteiger partial charge is 0.290 e. The minimum atomic E-state index is -0.250. The molecule has 1 saturated heterocycles. The molecule has 0 aromatic carbocycles. The number of hydrogen-bond acceptors (Lipinski definition) is 5. The first kappa shape index (κ1) is 16.2. The second kappa shape index (κ2) is 7.75. The lowest BCUT2D eigenvalue weighted by molar-refractivity contribution is -0.122. The summed E-state index contributed by atoms with van der Waals surface area (Å²) in [4.78, 5) is 19.7. The maximum atomic E-state index is 8.36. The SMILES string of the molecule is CSc1ncc(CN2CCC3(CCCC3)C2)cn1.O=CO. The van der Waals surface area contributed by atoms with Crippen LogP contribution in [0, 0.1) is 5.41 Å². The van der Waals surface area contributed by atoms with E-state index in [0.29, 0.717) is 5.41 Å². The van der Waals surface area contributed by atoms with Gasteiger partial charge in [0, 0.05) is 31.0 Å². The summed E-state index contributed by atoms with van der Waals surface area (Å²) in [5.41, 5.74) is 1.92. The summed E-state index contributed by atoms with van der Waals surface area (Å²) in [6, 6.07) is 0. The molecule has 21 heavy (non-hydrogen) atoms. The highest BCUT2D eigenvalue weighted by Gasteiger charge is 2.39. The van der Waals surface area contributed by atoms with E-state index in [1.807, 2.05) is 18.6 Å². The molecule has 1 N–H and O–H groups in total. The Labute approximate surface area is 130 Å². The van der Waals surface area contributed by atoms with Crippen LogP contribution in [0.1, 0.15) is 37.7 Å². The van der Waals surface area contributed by atoms with Gasteiger partial charge in [-0.2, -0.15) is 0 Å². The zero-order valence-electron chi connectivity index (χ0n) is 12.5. The average molecular weight is 309 g/mol. The lowest BCUT2D eigenvalue weighted by Crippen LogP contribution is -2.24. The van der Waals surface area contributed by atoms with E-state index in [-0.39, 0.29) is 6.47 Å². The highest BCUT2D eigenvalue weighted by Crippen LogP contribution is 2.45. The van der Waals surface area contributed by atoms with Gasteiger partial charge in [0.2, 0.25) is 0 Å². The second-order valence-electron chi connectivity index (χ2n) is 5.85. The molecule has 1 aromatic rings. The highest BCUT2D eigenvalue weighted by molar-refractivity contribution is 7.98. The number of nitrogens with zero attached hydrogens (tertiary/aromatic N) is 3. The Kier molecular flexibility index (Phi) is 5.99. The summed E-state index contributed by atoms with van der Waals surface area (Å²) in [5.74, 6) is 0. The van der Waals surface area contributed by atoms with Crippen LogP contribution in [0.5, 0.6) is 0 Å². The largest absolute Gasteiger partial charge is 0.483 e. The van der Waals surface area contributed by atoms with Crippen molar-refractivity contribution >= 4 is 18.2 Å². The minimum absolute atomic E-state index is 0.250. The van der Waals surface area contributed by atoms with Crippen LogP contribution in [0.4, 0.5) is 0 Å². The zero-order chi connectivity index (χ0) is 15.1. The van der Waals surface area contributed by atoms with Gasteiger partial charge < -0.3 is 5.11 Å². The third-order valence-electron chi connectivity index (χ3n) is 4.45. The van der Waals surface area contributed by atoms with E-state index in [1.54, 1.807) is 11.8 Å². The molecule has 3 rings (SSSR count). The minimum Gasteiger partial charge on any atom is -0.483 e. The van der Waals surface area contributed by atoms with Crippen molar-refractivity contribution in [2.24, 2.45) is 5.41 Å². The Bertz CT molecular complexity index is 447. The van der Waals surface area contributed by atoms with E-state index in [4.69, 9.17) is 9.90 Å². The molecule has 6 heteroatoms. The fourth-order valence-corrected chi connectivity index (χ4v) is 3.80. The van der Waals surface area contributed by atoms with Crippen LogP contribution in [-0.2, 0) is 11.3 Å². The molecule has 0 unspecified atom stereocenters. The van der Waals surface area contributed by atoms with Crippen molar-refractivity contribution in [3.05, 3.63) is 18.0 Å². The average Bonchev–Trinajstić information content (AvgIpc) is 3.11. The molecule has 116 valence electrons. The molecule has 5 nitrogen and oxygen atoms in total. The first-order valence-electron chi connectivity index (χ1n) is 7.36. The summed E-state index contributed by atoms with van der Waals surface area (Å²) >= 11 is 1.60. The van der Waals surface area contributed by atoms with Gasteiger partial charge in [-0.1, -0.05) is 24.6 Å². The summed E-state index contributed by atoms with van der Waals surface area (Å²) in [5, 5.41) is 7.76. The van der Waals surface area contributed by atoms with E-state index < -0.39 is 0 Å². The molecule has 0 atom stereocenters. The van der Waals surface area contributed by atoms with Crippen molar-refractivity contribution in [2.75, 3.05) is 19.3 Å². The normalized spacial score (nSPS) is 20.2. The maximum Gasteiger partial charge on any atom is 0.290 e. The van der Waals surface area contributed by atoms with E-state index in [2.05, 4.69) is 14.9 Å². The molecule has 2 fully saturated rings. The van der Waals surface area contributed by atoms with Crippen LogP contribution in [0.15, 0.2) is 17.6 Å². The molecule has 1 aliphatic heterocycles. The lowest BCUT2D eigenvalue weighted by atomic mass is 9.86. The zero-order valence-corrected chi connectivity index (χ0v) is 13.3. The molecule has 1 spiro atoms. The van der Waals surface area contributed by atoms with Crippen molar-refractivity contribution in [2.45, 2.75) is 43.8 Å². The van der Waals surface area contributed by atoms with Gasteiger partial charge in [0.25, 0.3) is 6.47 Å². The van der Waals surface area contributed by atoms with Gasteiger partial charge in [-0.25, -0.2) is 9.97 Å². The summed E-state index contributed by atoms with van der Waals surface area (Å²) in [7, 11) is 0. The Morgan fingerprint density at radius 2 is 1.95 bits per heavy atom. The summed E-state index contributed by atoms with van der Waals surface area (Å²) in [6.45, 7) is 3.32. The van der Waals surface area contributed by atoms with E-state index in [1.165, 1.54) is 50.8 Å². The number of carbonyl (C=O) groups is 1. The number of hydrogen-bond donors (Lipinski definition) is 1. The van der Waals surface area contributed by atoms with E-state index in [9.17, 15) is 0 Å². The number of rotatable bonds is 3. The van der Waals surface area contributed by atoms with E-state index >= 15 is 0 Å². The number of aromatic nitrogens is 2. The molecule has 1 aliphatic carbocycles.